The van der Waals surface area contributed by atoms with E-state index in [-0.39, 0.29) is 6.04 Å². The maximum Gasteiger partial charge on any atom is 0.0900 e. The van der Waals surface area contributed by atoms with E-state index < -0.39 is 0 Å². The highest BCUT2D eigenvalue weighted by Gasteiger charge is 2.15. The van der Waals surface area contributed by atoms with Gasteiger partial charge in [-0.25, -0.2) is 4.98 Å². The van der Waals surface area contributed by atoms with E-state index in [0.717, 1.165) is 5.01 Å². The van der Waals surface area contributed by atoms with Crippen molar-refractivity contribution in [2.45, 2.75) is 46.7 Å². The molecule has 0 saturated heterocycles. The molecule has 2 rings (SSSR count). The maximum atomic E-state index is 4.63. The number of rotatable bonds is 4. The van der Waals surface area contributed by atoms with Gasteiger partial charge in [-0.3, -0.25) is 0 Å². The van der Waals surface area contributed by atoms with E-state index in [2.05, 4.69) is 69.2 Å². The maximum absolute atomic E-state index is 4.63. The summed E-state index contributed by atoms with van der Waals surface area (Å²) in [6.07, 6.45) is 0. The molecule has 3 heteroatoms. The molecule has 0 radical (unpaired) electrons. The van der Waals surface area contributed by atoms with Gasteiger partial charge < -0.3 is 5.32 Å². The molecule has 1 heterocycles. The molecule has 1 unspecified atom stereocenters. The van der Waals surface area contributed by atoms with Crippen LogP contribution in [-0.2, 0) is 0 Å². The summed E-state index contributed by atoms with van der Waals surface area (Å²) in [6, 6.07) is 9.32. The van der Waals surface area contributed by atoms with Crippen LogP contribution in [0, 0.1) is 20.8 Å². The fraction of sp³-hybridized carbons (Fsp3) is 0.438. The molecule has 1 aromatic heterocycles. The Balaban J connectivity index is 2.08. The van der Waals surface area contributed by atoms with Gasteiger partial charge in [0.1, 0.15) is 0 Å². The van der Waals surface area contributed by atoms with Gasteiger partial charge in [-0.15, -0.1) is 11.3 Å². The molecule has 0 aliphatic rings. The van der Waals surface area contributed by atoms with E-state index in [1.54, 1.807) is 11.3 Å². The van der Waals surface area contributed by atoms with E-state index >= 15 is 0 Å². The Morgan fingerprint density at radius 2 is 1.63 bits per heavy atom. The quantitative estimate of drug-likeness (QED) is 0.889. The Morgan fingerprint density at radius 1 is 1.00 bits per heavy atom. The van der Waals surface area contributed by atoms with Crippen LogP contribution in [0.25, 0.3) is 0 Å². The van der Waals surface area contributed by atoms with Crippen molar-refractivity contribution in [3.05, 3.63) is 51.0 Å². The fourth-order valence-electron chi connectivity index (χ4n) is 2.35. The minimum atomic E-state index is 0.279. The van der Waals surface area contributed by atoms with Gasteiger partial charge >= 0.3 is 0 Å². The van der Waals surface area contributed by atoms with Gasteiger partial charge in [0.25, 0.3) is 0 Å². The number of nitrogens with zero attached hydrogens (tertiary/aromatic N) is 1. The number of nitrogens with one attached hydrogen (secondary N) is 1. The Morgan fingerprint density at radius 3 is 2.16 bits per heavy atom. The lowest BCUT2D eigenvalue weighted by Crippen LogP contribution is -2.23. The molecule has 0 bridgehead atoms. The van der Waals surface area contributed by atoms with Crippen LogP contribution in [0.3, 0.4) is 0 Å². The molecule has 0 fully saturated rings. The summed E-state index contributed by atoms with van der Waals surface area (Å²) in [4.78, 5) is 5.94. The minimum absolute atomic E-state index is 0.279. The molecule has 2 nitrogen and oxygen atoms in total. The molecule has 0 aliphatic carbocycles. The van der Waals surface area contributed by atoms with Crippen molar-refractivity contribution in [3.63, 3.8) is 0 Å². The Bertz CT molecular complexity index is 542. The standard InChI is InChI=1S/C16H22N2S/c1-10-6-8-15(9-7-10)11(2)17-12(3)16-13(4)19-14(5)18-16/h6-9,11-12,17H,1-5H3/t11-,12?/m1/s1. The first-order valence-corrected chi connectivity index (χ1v) is 7.55. The second-order valence-electron chi connectivity index (χ2n) is 5.20. The number of thiazole rings is 1. The van der Waals surface area contributed by atoms with Gasteiger partial charge in [-0.05, 0) is 40.2 Å². The molecule has 102 valence electrons. The second-order valence-corrected chi connectivity index (χ2v) is 6.60. The molecular weight excluding hydrogens is 252 g/mol. The summed E-state index contributed by atoms with van der Waals surface area (Å²) in [5, 5.41) is 4.77. The van der Waals surface area contributed by atoms with Crippen molar-refractivity contribution in [3.8, 4) is 0 Å². The van der Waals surface area contributed by atoms with Crippen LogP contribution in [0.2, 0.25) is 0 Å². The lowest BCUT2D eigenvalue weighted by molar-refractivity contribution is 0.486. The number of benzene rings is 1. The number of hydrogen-bond acceptors (Lipinski definition) is 3. The van der Waals surface area contributed by atoms with Gasteiger partial charge in [0.15, 0.2) is 0 Å². The van der Waals surface area contributed by atoms with E-state index in [1.807, 2.05) is 0 Å². The molecule has 2 atom stereocenters. The Kier molecular flexibility index (Phi) is 4.38. The smallest absolute Gasteiger partial charge is 0.0900 e. The summed E-state index contributed by atoms with van der Waals surface area (Å²) in [5.41, 5.74) is 3.80. The highest BCUT2D eigenvalue weighted by atomic mass is 32.1. The first-order valence-electron chi connectivity index (χ1n) is 6.74. The third kappa shape index (κ3) is 3.43. The molecule has 0 spiro atoms. The summed E-state index contributed by atoms with van der Waals surface area (Å²) in [7, 11) is 0. The van der Waals surface area contributed by atoms with Gasteiger partial charge in [-0.1, -0.05) is 29.8 Å². The average Bonchev–Trinajstić information content (AvgIpc) is 2.69. The van der Waals surface area contributed by atoms with Gasteiger partial charge in [0.05, 0.1) is 10.7 Å². The second kappa shape index (κ2) is 5.85. The van der Waals surface area contributed by atoms with Crippen molar-refractivity contribution >= 4 is 11.3 Å². The zero-order valence-corrected chi connectivity index (χ0v) is 13.1. The van der Waals surface area contributed by atoms with Crippen LogP contribution in [0.4, 0.5) is 0 Å². The van der Waals surface area contributed by atoms with E-state index in [1.165, 1.54) is 21.7 Å². The molecule has 2 aromatic rings. The fourth-order valence-corrected chi connectivity index (χ4v) is 3.27. The summed E-state index contributed by atoms with van der Waals surface area (Å²) in [5.74, 6) is 0. The van der Waals surface area contributed by atoms with Gasteiger partial charge in [0.2, 0.25) is 0 Å². The molecule has 1 N–H and O–H groups in total. The van der Waals surface area contributed by atoms with Crippen LogP contribution < -0.4 is 5.32 Å². The van der Waals surface area contributed by atoms with Crippen molar-refractivity contribution < 1.29 is 0 Å². The van der Waals surface area contributed by atoms with E-state index in [4.69, 9.17) is 0 Å². The summed E-state index contributed by atoms with van der Waals surface area (Å²) in [6.45, 7) is 10.7. The van der Waals surface area contributed by atoms with Crippen molar-refractivity contribution in [2.24, 2.45) is 0 Å². The van der Waals surface area contributed by atoms with Crippen LogP contribution in [0.15, 0.2) is 24.3 Å². The van der Waals surface area contributed by atoms with Gasteiger partial charge in [0, 0.05) is 17.0 Å². The van der Waals surface area contributed by atoms with E-state index in [9.17, 15) is 0 Å². The van der Waals surface area contributed by atoms with Crippen LogP contribution in [0.1, 0.15) is 52.6 Å². The predicted molar refractivity (Wildman–Crippen MR) is 82.7 cm³/mol. The third-order valence-electron chi connectivity index (χ3n) is 3.43. The lowest BCUT2D eigenvalue weighted by Gasteiger charge is -2.20. The predicted octanol–water partition coefficient (Wildman–Crippen LogP) is 4.48. The van der Waals surface area contributed by atoms with Crippen LogP contribution in [-0.4, -0.2) is 4.98 Å². The van der Waals surface area contributed by atoms with Crippen molar-refractivity contribution in [2.75, 3.05) is 0 Å². The molecule has 0 saturated carbocycles. The molecular formula is C16H22N2S. The number of aryl methyl sites for hydroxylation is 3. The monoisotopic (exact) mass is 274 g/mol. The Hall–Kier alpha value is -1.19. The largest absolute Gasteiger partial charge is 0.302 e. The molecule has 0 aliphatic heterocycles. The SMILES string of the molecule is Cc1ccc([C@@H](C)NC(C)c2nc(C)sc2C)cc1. The topological polar surface area (TPSA) is 24.9 Å². The van der Waals surface area contributed by atoms with Crippen LogP contribution >= 0.6 is 11.3 Å². The van der Waals surface area contributed by atoms with Crippen molar-refractivity contribution in [1.82, 2.24) is 10.3 Å². The zero-order chi connectivity index (χ0) is 14.0. The average molecular weight is 274 g/mol. The highest BCUT2D eigenvalue weighted by Crippen LogP contribution is 2.25. The lowest BCUT2D eigenvalue weighted by atomic mass is 10.1. The molecule has 0 amide bonds. The van der Waals surface area contributed by atoms with Crippen LogP contribution in [0.5, 0.6) is 0 Å². The Labute approximate surface area is 119 Å². The first-order chi connectivity index (χ1) is 8.97. The summed E-state index contributed by atoms with van der Waals surface area (Å²) >= 11 is 1.77. The number of hydrogen-bond donors (Lipinski definition) is 1. The highest BCUT2D eigenvalue weighted by molar-refractivity contribution is 7.11. The summed E-state index contributed by atoms with van der Waals surface area (Å²) < 4.78 is 0. The van der Waals surface area contributed by atoms with E-state index in [0.29, 0.717) is 6.04 Å². The third-order valence-corrected chi connectivity index (χ3v) is 4.33. The van der Waals surface area contributed by atoms with Crippen molar-refractivity contribution in [1.29, 1.82) is 0 Å². The normalized spacial score (nSPS) is 14.4. The number of aromatic nitrogens is 1. The minimum Gasteiger partial charge on any atom is -0.302 e. The zero-order valence-electron chi connectivity index (χ0n) is 12.3. The first kappa shape index (κ1) is 14.2. The molecule has 19 heavy (non-hydrogen) atoms. The van der Waals surface area contributed by atoms with Gasteiger partial charge in [-0.2, -0.15) is 0 Å². The molecule has 1 aromatic carbocycles.